The van der Waals surface area contributed by atoms with E-state index < -0.39 is 6.10 Å². The summed E-state index contributed by atoms with van der Waals surface area (Å²) in [5.74, 6) is -0.118. The Morgan fingerprint density at radius 2 is 2.20 bits per heavy atom. The summed E-state index contributed by atoms with van der Waals surface area (Å²) in [6.07, 6.45) is 4.27. The smallest absolute Gasteiger partial charge is 0.278 e. The molecule has 1 unspecified atom stereocenters. The number of carbonyl (C=O) groups is 1. The molecular formula is C15H17N3O2. The number of aryl methyl sites for hydroxylation is 1. The quantitative estimate of drug-likeness (QED) is 0.861. The predicted octanol–water partition coefficient (Wildman–Crippen LogP) is 1.89. The average Bonchev–Trinajstić information content (AvgIpc) is 2.82. The Hall–Kier alpha value is -2.14. The molecule has 1 aliphatic heterocycles. The Labute approximate surface area is 117 Å². The van der Waals surface area contributed by atoms with E-state index in [2.05, 4.69) is 4.98 Å². The van der Waals surface area contributed by atoms with Gasteiger partial charge in [0.2, 0.25) is 0 Å². The number of imidazole rings is 1. The molecule has 5 heteroatoms. The largest absolute Gasteiger partial charge is 0.388 e. The first-order valence-corrected chi connectivity index (χ1v) is 6.73. The van der Waals surface area contributed by atoms with E-state index in [1.807, 2.05) is 31.3 Å². The van der Waals surface area contributed by atoms with Crippen molar-refractivity contribution in [2.45, 2.75) is 18.9 Å². The van der Waals surface area contributed by atoms with Crippen LogP contribution in [0.3, 0.4) is 0 Å². The van der Waals surface area contributed by atoms with Gasteiger partial charge in [0.05, 0.1) is 12.4 Å². The van der Waals surface area contributed by atoms with Crippen LogP contribution in [0.2, 0.25) is 0 Å². The van der Waals surface area contributed by atoms with Crippen LogP contribution in [0.15, 0.2) is 36.8 Å². The lowest BCUT2D eigenvalue weighted by molar-refractivity contribution is 0.0982. The van der Waals surface area contributed by atoms with Gasteiger partial charge in [-0.1, -0.05) is 18.2 Å². The first-order chi connectivity index (χ1) is 9.66. The molecule has 2 aromatic rings. The van der Waals surface area contributed by atoms with Crippen molar-refractivity contribution in [2.24, 2.45) is 7.05 Å². The monoisotopic (exact) mass is 271 g/mol. The second-order valence-corrected chi connectivity index (χ2v) is 5.10. The SMILES string of the molecule is Cn1cnc(C(=O)N2CCCC(O)c3ccccc32)c1. The van der Waals surface area contributed by atoms with E-state index in [4.69, 9.17) is 0 Å². The third kappa shape index (κ3) is 2.20. The van der Waals surface area contributed by atoms with Gasteiger partial charge in [-0.2, -0.15) is 0 Å². The summed E-state index contributed by atoms with van der Waals surface area (Å²) in [6.45, 7) is 0.601. The topological polar surface area (TPSA) is 58.4 Å². The van der Waals surface area contributed by atoms with Gasteiger partial charge < -0.3 is 14.6 Å². The van der Waals surface area contributed by atoms with E-state index in [0.717, 1.165) is 17.7 Å². The van der Waals surface area contributed by atoms with Gasteiger partial charge in [0.15, 0.2) is 0 Å². The fourth-order valence-corrected chi connectivity index (χ4v) is 2.61. The Balaban J connectivity index is 2.01. The van der Waals surface area contributed by atoms with Gasteiger partial charge >= 0.3 is 0 Å². The molecule has 1 amide bonds. The number of aromatic nitrogens is 2. The predicted molar refractivity (Wildman–Crippen MR) is 75.5 cm³/mol. The molecule has 0 radical (unpaired) electrons. The molecule has 1 aromatic heterocycles. The maximum Gasteiger partial charge on any atom is 0.278 e. The molecule has 0 bridgehead atoms. The lowest BCUT2D eigenvalue weighted by atomic mass is 10.0. The fraction of sp³-hybridized carbons (Fsp3) is 0.333. The van der Waals surface area contributed by atoms with Crippen LogP contribution in [-0.4, -0.2) is 27.1 Å². The minimum Gasteiger partial charge on any atom is -0.388 e. The van der Waals surface area contributed by atoms with E-state index in [1.54, 1.807) is 22.0 Å². The molecule has 20 heavy (non-hydrogen) atoms. The van der Waals surface area contributed by atoms with Crippen LogP contribution in [0.5, 0.6) is 0 Å². The first kappa shape index (κ1) is 12.9. The van der Waals surface area contributed by atoms with Crippen LogP contribution in [0.1, 0.15) is 35.0 Å². The molecule has 0 aliphatic carbocycles. The fourth-order valence-electron chi connectivity index (χ4n) is 2.61. The maximum atomic E-state index is 12.6. The summed E-state index contributed by atoms with van der Waals surface area (Å²) in [5.41, 5.74) is 2.03. The van der Waals surface area contributed by atoms with Gasteiger partial charge in [-0.05, 0) is 18.9 Å². The van der Waals surface area contributed by atoms with E-state index in [9.17, 15) is 9.90 Å². The number of hydrogen-bond donors (Lipinski definition) is 1. The molecule has 2 heterocycles. The summed E-state index contributed by atoms with van der Waals surface area (Å²) < 4.78 is 1.76. The van der Waals surface area contributed by atoms with Gasteiger partial charge in [-0.3, -0.25) is 4.79 Å². The number of hydrogen-bond acceptors (Lipinski definition) is 3. The molecule has 3 rings (SSSR count). The van der Waals surface area contributed by atoms with Gasteiger partial charge in [0.25, 0.3) is 5.91 Å². The highest BCUT2D eigenvalue weighted by Gasteiger charge is 2.26. The summed E-state index contributed by atoms with van der Waals surface area (Å²) >= 11 is 0. The van der Waals surface area contributed by atoms with Crippen LogP contribution < -0.4 is 4.90 Å². The van der Waals surface area contributed by atoms with Gasteiger partial charge in [0.1, 0.15) is 5.69 Å². The number of benzene rings is 1. The van der Waals surface area contributed by atoms with E-state index in [1.165, 1.54) is 0 Å². The zero-order valence-corrected chi connectivity index (χ0v) is 11.4. The highest BCUT2D eigenvalue weighted by Crippen LogP contribution is 2.33. The number of fused-ring (bicyclic) bond motifs is 1. The van der Waals surface area contributed by atoms with Crippen LogP contribution in [0, 0.1) is 0 Å². The molecule has 1 aliphatic rings. The molecule has 0 fully saturated rings. The summed E-state index contributed by atoms with van der Waals surface area (Å²) in [7, 11) is 1.84. The van der Waals surface area contributed by atoms with E-state index >= 15 is 0 Å². The average molecular weight is 271 g/mol. The summed E-state index contributed by atoms with van der Waals surface area (Å²) in [5, 5.41) is 10.2. The van der Waals surface area contributed by atoms with Gasteiger partial charge in [0, 0.05) is 31.0 Å². The lowest BCUT2D eigenvalue weighted by Crippen LogP contribution is -2.32. The van der Waals surface area contributed by atoms with Crippen molar-refractivity contribution in [1.29, 1.82) is 0 Å². The number of anilines is 1. The second-order valence-electron chi connectivity index (χ2n) is 5.10. The van der Waals surface area contributed by atoms with Crippen molar-refractivity contribution < 1.29 is 9.90 Å². The zero-order valence-electron chi connectivity index (χ0n) is 11.4. The highest BCUT2D eigenvalue weighted by atomic mass is 16.3. The number of nitrogens with zero attached hydrogens (tertiary/aromatic N) is 3. The third-order valence-electron chi connectivity index (χ3n) is 3.61. The Bertz CT molecular complexity index is 636. The third-order valence-corrected chi connectivity index (χ3v) is 3.61. The molecule has 1 N–H and O–H groups in total. The number of aliphatic hydroxyl groups is 1. The normalized spacial score (nSPS) is 18.5. The Morgan fingerprint density at radius 3 is 2.95 bits per heavy atom. The van der Waals surface area contributed by atoms with Crippen molar-refractivity contribution in [3.8, 4) is 0 Å². The van der Waals surface area contributed by atoms with Crippen LogP contribution >= 0.6 is 0 Å². The highest BCUT2D eigenvalue weighted by molar-refractivity contribution is 6.05. The molecule has 0 saturated heterocycles. The van der Waals surface area contributed by atoms with Crippen LogP contribution in [-0.2, 0) is 7.05 Å². The van der Waals surface area contributed by atoms with Crippen LogP contribution in [0.25, 0.3) is 0 Å². The van der Waals surface area contributed by atoms with Gasteiger partial charge in [-0.15, -0.1) is 0 Å². The molecular weight excluding hydrogens is 254 g/mol. The standard InChI is InChI=1S/C15H17N3O2/c1-17-9-12(16-10-17)15(20)18-8-4-7-14(19)11-5-2-3-6-13(11)18/h2-3,5-6,9-10,14,19H,4,7-8H2,1H3. The molecule has 5 nitrogen and oxygen atoms in total. The molecule has 1 aromatic carbocycles. The number of aliphatic hydroxyl groups excluding tert-OH is 1. The molecule has 0 saturated carbocycles. The van der Waals surface area contributed by atoms with Crippen molar-refractivity contribution in [2.75, 3.05) is 11.4 Å². The van der Waals surface area contributed by atoms with Crippen molar-refractivity contribution in [3.05, 3.63) is 48.0 Å². The second kappa shape index (κ2) is 5.09. The zero-order chi connectivity index (χ0) is 14.1. The van der Waals surface area contributed by atoms with Crippen molar-refractivity contribution in [3.63, 3.8) is 0 Å². The molecule has 1 atom stereocenters. The number of carbonyl (C=O) groups excluding carboxylic acids is 1. The van der Waals surface area contributed by atoms with Crippen molar-refractivity contribution in [1.82, 2.24) is 9.55 Å². The number of rotatable bonds is 1. The Morgan fingerprint density at radius 1 is 1.40 bits per heavy atom. The van der Waals surface area contributed by atoms with E-state index in [-0.39, 0.29) is 5.91 Å². The maximum absolute atomic E-state index is 12.6. The van der Waals surface area contributed by atoms with Crippen molar-refractivity contribution >= 4 is 11.6 Å². The van der Waals surface area contributed by atoms with Crippen LogP contribution in [0.4, 0.5) is 5.69 Å². The Kier molecular flexibility index (Phi) is 3.28. The van der Waals surface area contributed by atoms with E-state index in [0.29, 0.717) is 18.7 Å². The lowest BCUT2D eigenvalue weighted by Gasteiger charge is -2.22. The molecule has 0 spiro atoms. The molecule has 104 valence electrons. The summed E-state index contributed by atoms with van der Waals surface area (Å²) in [6, 6.07) is 7.53. The summed E-state index contributed by atoms with van der Waals surface area (Å²) in [4.78, 5) is 18.4. The number of para-hydroxylation sites is 1. The minimum absolute atomic E-state index is 0.118. The van der Waals surface area contributed by atoms with Gasteiger partial charge in [-0.25, -0.2) is 4.98 Å². The number of amides is 1. The minimum atomic E-state index is -0.507. The first-order valence-electron chi connectivity index (χ1n) is 6.73.